The molecule has 3 rings (SSSR count). The van der Waals surface area contributed by atoms with Gasteiger partial charge in [-0.3, -0.25) is 0 Å². The Kier molecular flexibility index (Phi) is 2.56. The van der Waals surface area contributed by atoms with Crippen LogP contribution in [0.1, 0.15) is 18.4 Å². The molecule has 1 aromatic carbocycles. The standard InChI is InChI=1S/C12H14ClNO2/c13-10-11-8(3-1-4-14-11)7-9-12(10)16-6-2-5-15-9/h7,14H,1-6H2. The van der Waals surface area contributed by atoms with Crippen molar-refractivity contribution in [1.82, 2.24) is 0 Å². The first-order chi connectivity index (χ1) is 7.86. The second-order valence-corrected chi connectivity index (χ2v) is 4.51. The smallest absolute Gasteiger partial charge is 0.181 e. The first-order valence-electron chi connectivity index (χ1n) is 5.71. The molecule has 0 aromatic heterocycles. The molecule has 1 N–H and O–H groups in total. The van der Waals surface area contributed by atoms with E-state index in [0.717, 1.165) is 37.2 Å². The lowest BCUT2D eigenvalue weighted by atomic mass is 10.0. The number of hydrogen-bond donors (Lipinski definition) is 1. The summed E-state index contributed by atoms with van der Waals surface area (Å²) in [6.07, 6.45) is 3.10. The highest BCUT2D eigenvalue weighted by atomic mass is 35.5. The molecule has 2 aliphatic rings. The third kappa shape index (κ3) is 1.59. The molecule has 2 heterocycles. The van der Waals surface area contributed by atoms with E-state index < -0.39 is 0 Å². The van der Waals surface area contributed by atoms with Crippen LogP contribution in [0.5, 0.6) is 11.5 Å². The Balaban J connectivity index is 2.12. The predicted molar refractivity (Wildman–Crippen MR) is 63.9 cm³/mol. The van der Waals surface area contributed by atoms with Gasteiger partial charge in [-0.2, -0.15) is 0 Å². The summed E-state index contributed by atoms with van der Waals surface area (Å²) in [7, 11) is 0. The van der Waals surface area contributed by atoms with Gasteiger partial charge in [0.15, 0.2) is 11.5 Å². The maximum atomic E-state index is 6.35. The molecule has 0 atom stereocenters. The van der Waals surface area contributed by atoms with Crippen molar-refractivity contribution >= 4 is 17.3 Å². The Bertz CT molecular complexity index is 420. The fraction of sp³-hybridized carbons (Fsp3) is 0.500. The summed E-state index contributed by atoms with van der Waals surface area (Å²) < 4.78 is 11.3. The molecule has 0 spiro atoms. The van der Waals surface area contributed by atoms with Gasteiger partial charge in [0.2, 0.25) is 0 Å². The average molecular weight is 240 g/mol. The maximum absolute atomic E-state index is 6.35. The van der Waals surface area contributed by atoms with Gasteiger partial charge < -0.3 is 14.8 Å². The zero-order chi connectivity index (χ0) is 11.0. The summed E-state index contributed by atoms with van der Waals surface area (Å²) in [6, 6.07) is 2.06. The van der Waals surface area contributed by atoms with Gasteiger partial charge in [-0.1, -0.05) is 11.6 Å². The van der Waals surface area contributed by atoms with E-state index in [-0.39, 0.29) is 0 Å². The van der Waals surface area contributed by atoms with Gasteiger partial charge in [0.05, 0.1) is 18.9 Å². The minimum atomic E-state index is 0.672. The Morgan fingerprint density at radius 1 is 1.19 bits per heavy atom. The molecule has 0 bridgehead atoms. The summed E-state index contributed by atoms with van der Waals surface area (Å²) in [4.78, 5) is 0. The predicted octanol–water partition coefficient (Wildman–Crippen LogP) is 2.86. The highest BCUT2D eigenvalue weighted by Gasteiger charge is 2.22. The van der Waals surface area contributed by atoms with Crippen LogP contribution in [0.3, 0.4) is 0 Å². The van der Waals surface area contributed by atoms with Crippen molar-refractivity contribution in [3.63, 3.8) is 0 Å². The largest absolute Gasteiger partial charge is 0.489 e. The lowest BCUT2D eigenvalue weighted by molar-refractivity contribution is 0.297. The number of nitrogens with one attached hydrogen (secondary N) is 1. The molecule has 0 saturated carbocycles. The first-order valence-corrected chi connectivity index (χ1v) is 6.09. The van der Waals surface area contributed by atoms with Crippen LogP contribution in [0.4, 0.5) is 5.69 Å². The van der Waals surface area contributed by atoms with Crippen molar-refractivity contribution in [3.05, 3.63) is 16.7 Å². The van der Waals surface area contributed by atoms with Gasteiger partial charge in [0.1, 0.15) is 5.02 Å². The Morgan fingerprint density at radius 2 is 2.06 bits per heavy atom. The Labute approximate surface area is 99.7 Å². The highest BCUT2D eigenvalue weighted by molar-refractivity contribution is 6.35. The van der Waals surface area contributed by atoms with Crippen LogP contribution in [-0.4, -0.2) is 19.8 Å². The lowest BCUT2D eigenvalue weighted by Crippen LogP contribution is -2.12. The third-order valence-electron chi connectivity index (χ3n) is 2.99. The van der Waals surface area contributed by atoms with Crippen molar-refractivity contribution in [2.45, 2.75) is 19.3 Å². The number of anilines is 1. The number of hydrogen-bond acceptors (Lipinski definition) is 3. The monoisotopic (exact) mass is 239 g/mol. The van der Waals surface area contributed by atoms with Crippen LogP contribution >= 0.6 is 11.6 Å². The normalized spacial score (nSPS) is 18.3. The number of halogens is 1. The molecule has 4 heteroatoms. The number of rotatable bonds is 0. The molecule has 0 unspecified atom stereocenters. The number of fused-ring (bicyclic) bond motifs is 2. The van der Waals surface area contributed by atoms with E-state index in [0.29, 0.717) is 24.0 Å². The topological polar surface area (TPSA) is 30.5 Å². The van der Waals surface area contributed by atoms with E-state index >= 15 is 0 Å². The minimum Gasteiger partial charge on any atom is -0.489 e. The van der Waals surface area contributed by atoms with Crippen molar-refractivity contribution in [2.24, 2.45) is 0 Å². The molecule has 0 saturated heterocycles. The van der Waals surface area contributed by atoms with Crippen LogP contribution < -0.4 is 14.8 Å². The summed E-state index contributed by atoms with van der Waals surface area (Å²) >= 11 is 6.35. The molecule has 16 heavy (non-hydrogen) atoms. The molecule has 1 aromatic rings. The van der Waals surface area contributed by atoms with Crippen LogP contribution in [0, 0.1) is 0 Å². The van der Waals surface area contributed by atoms with Gasteiger partial charge in [0, 0.05) is 13.0 Å². The Morgan fingerprint density at radius 3 is 3.00 bits per heavy atom. The second kappa shape index (κ2) is 4.06. The molecule has 2 aliphatic heterocycles. The third-order valence-corrected chi connectivity index (χ3v) is 3.35. The summed E-state index contributed by atoms with van der Waals surface area (Å²) in [5.74, 6) is 1.50. The van der Waals surface area contributed by atoms with E-state index in [1.54, 1.807) is 0 Å². The van der Waals surface area contributed by atoms with Crippen molar-refractivity contribution in [3.8, 4) is 11.5 Å². The highest BCUT2D eigenvalue weighted by Crippen LogP contribution is 2.45. The molecule has 0 fully saturated rings. The second-order valence-electron chi connectivity index (χ2n) is 4.13. The average Bonchev–Trinajstić information content (AvgIpc) is 2.55. The maximum Gasteiger partial charge on any atom is 0.181 e. The molecular weight excluding hydrogens is 226 g/mol. The van der Waals surface area contributed by atoms with Crippen LogP contribution in [0.15, 0.2) is 6.07 Å². The van der Waals surface area contributed by atoms with Crippen LogP contribution in [0.25, 0.3) is 0 Å². The number of ether oxygens (including phenoxy) is 2. The molecule has 0 amide bonds. The van der Waals surface area contributed by atoms with E-state index in [2.05, 4.69) is 11.4 Å². The lowest BCUT2D eigenvalue weighted by Gasteiger charge is -2.22. The van der Waals surface area contributed by atoms with Crippen LogP contribution in [0.2, 0.25) is 5.02 Å². The van der Waals surface area contributed by atoms with Gasteiger partial charge in [0.25, 0.3) is 0 Å². The summed E-state index contributed by atoms with van der Waals surface area (Å²) in [5.41, 5.74) is 2.26. The fourth-order valence-electron chi connectivity index (χ4n) is 2.20. The van der Waals surface area contributed by atoms with Gasteiger partial charge in [-0.05, 0) is 24.5 Å². The zero-order valence-corrected chi connectivity index (χ0v) is 9.77. The molecule has 0 radical (unpaired) electrons. The summed E-state index contributed by atoms with van der Waals surface area (Å²) in [5, 5.41) is 4.01. The van der Waals surface area contributed by atoms with E-state index in [1.165, 1.54) is 5.56 Å². The van der Waals surface area contributed by atoms with Gasteiger partial charge in [-0.25, -0.2) is 0 Å². The van der Waals surface area contributed by atoms with Gasteiger partial charge >= 0.3 is 0 Å². The van der Waals surface area contributed by atoms with Crippen LogP contribution in [-0.2, 0) is 6.42 Å². The number of benzene rings is 1. The van der Waals surface area contributed by atoms with Crippen molar-refractivity contribution < 1.29 is 9.47 Å². The molecule has 0 aliphatic carbocycles. The molecular formula is C12H14ClNO2. The first kappa shape index (κ1) is 10.1. The fourth-order valence-corrected chi connectivity index (χ4v) is 2.53. The number of aryl methyl sites for hydroxylation is 1. The Hall–Kier alpha value is -1.09. The quantitative estimate of drug-likeness (QED) is 0.755. The van der Waals surface area contributed by atoms with Crippen molar-refractivity contribution in [1.29, 1.82) is 0 Å². The van der Waals surface area contributed by atoms with E-state index in [4.69, 9.17) is 21.1 Å². The summed E-state index contributed by atoms with van der Waals surface area (Å²) in [6.45, 7) is 2.35. The van der Waals surface area contributed by atoms with E-state index in [9.17, 15) is 0 Å². The SMILES string of the molecule is Clc1c2c(cc3c1OCCCO3)CCCN2. The zero-order valence-electron chi connectivity index (χ0n) is 9.01. The minimum absolute atomic E-state index is 0.672. The van der Waals surface area contributed by atoms with E-state index in [1.807, 2.05) is 0 Å². The molecule has 3 nitrogen and oxygen atoms in total. The van der Waals surface area contributed by atoms with Gasteiger partial charge in [-0.15, -0.1) is 0 Å². The molecule has 86 valence electrons. The van der Waals surface area contributed by atoms with Crippen molar-refractivity contribution in [2.75, 3.05) is 25.1 Å².